The minimum Gasteiger partial charge on any atom is -0.407 e. The van der Waals surface area contributed by atoms with E-state index in [9.17, 15) is 14.4 Å². The van der Waals surface area contributed by atoms with Gasteiger partial charge in [-0.15, -0.1) is 0 Å². The highest BCUT2D eigenvalue weighted by molar-refractivity contribution is 6.32. The van der Waals surface area contributed by atoms with Gasteiger partial charge in [0, 0.05) is 22.2 Å². The average Bonchev–Trinajstić information content (AvgIpc) is 3.17. The Morgan fingerprint density at radius 2 is 1.62 bits per heavy atom. The highest BCUT2D eigenvalue weighted by Gasteiger charge is 2.23. The van der Waals surface area contributed by atoms with E-state index >= 15 is 0 Å². The Morgan fingerprint density at radius 1 is 0.882 bits per heavy atom. The van der Waals surface area contributed by atoms with Gasteiger partial charge in [-0.25, -0.2) is 9.59 Å². The largest absolute Gasteiger partial charge is 0.428 e. The zero-order valence-corrected chi connectivity index (χ0v) is 19.7. The van der Waals surface area contributed by atoms with Crippen LogP contribution in [-0.2, 0) is 6.42 Å². The van der Waals surface area contributed by atoms with E-state index in [1.807, 2.05) is 18.2 Å². The van der Waals surface area contributed by atoms with Crippen LogP contribution in [0.15, 0.2) is 75.9 Å². The van der Waals surface area contributed by atoms with E-state index in [1.165, 1.54) is 17.7 Å². The number of amides is 1. The first-order valence-electron chi connectivity index (χ1n) is 10.9. The minimum atomic E-state index is -0.885. The number of oxazole rings is 1. The number of benzene rings is 3. The number of nitrogens with zero attached hydrogens (tertiary/aromatic N) is 1. The van der Waals surface area contributed by atoms with Gasteiger partial charge in [-0.2, -0.15) is 4.57 Å². The molecule has 34 heavy (non-hydrogen) atoms. The number of hydrogen-bond donors (Lipinski definition) is 1. The molecule has 0 aliphatic carbocycles. The Kier molecular flexibility index (Phi) is 7.50. The van der Waals surface area contributed by atoms with Crippen molar-refractivity contribution in [1.82, 2.24) is 9.88 Å². The summed E-state index contributed by atoms with van der Waals surface area (Å²) >= 11 is 12.1. The summed E-state index contributed by atoms with van der Waals surface area (Å²) in [5, 5.41) is 3.43. The number of fused-ring (bicyclic) bond motifs is 1. The summed E-state index contributed by atoms with van der Waals surface area (Å²) in [4.78, 5) is 38.3. The summed E-state index contributed by atoms with van der Waals surface area (Å²) in [6.07, 6.45) is 3.68. The van der Waals surface area contributed by atoms with Crippen molar-refractivity contribution in [3.05, 3.63) is 104 Å². The van der Waals surface area contributed by atoms with Gasteiger partial charge in [0.05, 0.1) is 5.56 Å². The quantitative estimate of drug-likeness (QED) is 0.236. The zero-order valence-electron chi connectivity index (χ0n) is 18.2. The predicted octanol–water partition coefficient (Wildman–Crippen LogP) is 6.10. The maximum absolute atomic E-state index is 13.0. The Morgan fingerprint density at radius 3 is 2.35 bits per heavy atom. The molecule has 1 aromatic heterocycles. The van der Waals surface area contributed by atoms with Crippen LogP contribution in [0, 0.1) is 0 Å². The van der Waals surface area contributed by atoms with Gasteiger partial charge in [0.1, 0.15) is 5.52 Å². The van der Waals surface area contributed by atoms with Crippen LogP contribution < -0.4 is 11.1 Å². The molecular formula is C26H22Cl2N2O4. The second-order valence-corrected chi connectivity index (χ2v) is 8.74. The Balaban J connectivity index is 1.45. The third kappa shape index (κ3) is 5.41. The SMILES string of the molecule is O=C(c1ccc(Cl)cc1)c1cc(Cl)cc2c1oc(=O)n2C(=O)NCCCCCc1ccccc1. The molecule has 0 radical (unpaired) electrons. The first-order chi connectivity index (χ1) is 16.4. The maximum atomic E-state index is 13.0. The van der Waals surface area contributed by atoms with Crippen molar-refractivity contribution in [2.75, 3.05) is 6.54 Å². The van der Waals surface area contributed by atoms with Crippen molar-refractivity contribution in [3.63, 3.8) is 0 Å². The van der Waals surface area contributed by atoms with Gasteiger partial charge in [-0.3, -0.25) is 4.79 Å². The number of carbonyl (C=O) groups is 2. The number of rotatable bonds is 8. The fourth-order valence-electron chi connectivity index (χ4n) is 3.75. The molecule has 1 amide bonds. The molecule has 0 spiro atoms. The molecule has 174 valence electrons. The van der Waals surface area contributed by atoms with Crippen LogP contribution >= 0.6 is 23.2 Å². The number of ketones is 1. The number of aromatic nitrogens is 1. The van der Waals surface area contributed by atoms with Crippen molar-refractivity contribution in [1.29, 1.82) is 0 Å². The Labute approximate surface area is 206 Å². The monoisotopic (exact) mass is 496 g/mol. The molecule has 1 heterocycles. The van der Waals surface area contributed by atoms with E-state index in [0.29, 0.717) is 17.1 Å². The topological polar surface area (TPSA) is 81.3 Å². The molecule has 8 heteroatoms. The van der Waals surface area contributed by atoms with Gasteiger partial charge in [0.2, 0.25) is 0 Å². The highest BCUT2D eigenvalue weighted by Crippen LogP contribution is 2.26. The zero-order chi connectivity index (χ0) is 24.1. The van der Waals surface area contributed by atoms with E-state index in [0.717, 1.165) is 30.3 Å². The first kappa shape index (κ1) is 23.8. The third-order valence-electron chi connectivity index (χ3n) is 5.46. The molecule has 0 bridgehead atoms. The average molecular weight is 497 g/mol. The molecule has 1 N–H and O–H groups in total. The van der Waals surface area contributed by atoms with Crippen LogP contribution in [0.25, 0.3) is 11.1 Å². The third-order valence-corrected chi connectivity index (χ3v) is 5.93. The van der Waals surface area contributed by atoms with Crippen molar-refractivity contribution in [3.8, 4) is 0 Å². The number of carbonyl (C=O) groups excluding carboxylic acids is 2. The van der Waals surface area contributed by atoms with Crippen molar-refractivity contribution < 1.29 is 14.0 Å². The van der Waals surface area contributed by atoms with E-state index in [-0.39, 0.29) is 21.7 Å². The number of hydrogen-bond acceptors (Lipinski definition) is 4. The maximum Gasteiger partial charge on any atom is 0.428 e. The smallest absolute Gasteiger partial charge is 0.407 e. The summed E-state index contributed by atoms with van der Waals surface area (Å²) in [6.45, 7) is 0.407. The number of halogens is 2. The Bertz CT molecular complexity index is 1380. The summed E-state index contributed by atoms with van der Waals surface area (Å²) in [5.74, 6) is -1.28. The summed E-state index contributed by atoms with van der Waals surface area (Å²) in [7, 11) is 0. The van der Waals surface area contributed by atoms with Crippen LogP contribution in [0.4, 0.5) is 4.79 Å². The molecular weight excluding hydrogens is 475 g/mol. The van der Waals surface area contributed by atoms with Gasteiger partial charge in [-0.05, 0) is 61.2 Å². The lowest BCUT2D eigenvalue weighted by atomic mass is 10.0. The fraction of sp³-hybridized carbons (Fsp3) is 0.192. The van der Waals surface area contributed by atoms with Gasteiger partial charge in [-0.1, -0.05) is 60.0 Å². The van der Waals surface area contributed by atoms with Crippen LogP contribution in [0.5, 0.6) is 0 Å². The lowest BCUT2D eigenvalue weighted by molar-refractivity contribution is 0.103. The first-order valence-corrected chi connectivity index (χ1v) is 11.7. The number of nitrogens with one attached hydrogen (secondary N) is 1. The summed E-state index contributed by atoms with van der Waals surface area (Å²) < 4.78 is 6.17. The molecule has 3 aromatic carbocycles. The normalized spacial score (nSPS) is 11.0. The molecule has 0 saturated carbocycles. The van der Waals surface area contributed by atoms with Crippen molar-refractivity contribution >= 4 is 46.1 Å². The van der Waals surface area contributed by atoms with Crippen molar-refractivity contribution in [2.45, 2.75) is 25.7 Å². The minimum absolute atomic E-state index is 0.00682. The van der Waals surface area contributed by atoms with E-state index in [2.05, 4.69) is 17.4 Å². The van der Waals surface area contributed by atoms with Crippen LogP contribution in [0.1, 0.15) is 40.7 Å². The standard InChI is InChI=1S/C26H22Cl2N2O4/c27-19-12-10-18(11-13-19)23(31)21-15-20(28)16-22-24(21)34-26(33)30(22)25(32)29-14-6-2-5-9-17-7-3-1-4-8-17/h1,3-4,7-8,10-13,15-16H,2,5-6,9,14H2,(H,29,32). The molecule has 0 aliphatic rings. The van der Waals surface area contributed by atoms with Gasteiger partial charge in [0.25, 0.3) is 0 Å². The lowest BCUT2D eigenvalue weighted by Gasteiger charge is -2.07. The molecule has 4 aromatic rings. The molecule has 0 aliphatic heterocycles. The van der Waals surface area contributed by atoms with Crippen molar-refractivity contribution in [2.24, 2.45) is 0 Å². The molecule has 4 rings (SSSR count). The highest BCUT2D eigenvalue weighted by atomic mass is 35.5. The second kappa shape index (κ2) is 10.7. The fourth-order valence-corrected chi connectivity index (χ4v) is 4.09. The molecule has 0 unspecified atom stereocenters. The molecule has 0 saturated heterocycles. The van der Waals surface area contributed by atoms with Gasteiger partial charge in [0.15, 0.2) is 11.4 Å². The van der Waals surface area contributed by atoms with Crippen LogP contribution in [0.3, 0.4) is 0 Å². The molecule has 6 nitrogen and oxygen atoms in total. The van der Waals surface area contributed by atoms with E-state index < -0.39 is 17.6 Å². The van der Waals surface area contributed by atoms with Gasteiger partial charge < -0.3 is 9.73 Å². The predicted molar refractivity (Wildman–Crippen MR) is 133 cm³/mol. The van der Waals surface area contributed by atoms with E-state index in [4.69, 9.17) is 27.6 Å². The number of unbranched alkanes of at least 4 members (excludes halogenated alkanes) is 2. The number of aryl methyl sites for hydroxylation is 1. The van der Waals surface area contributed by atoms with Gasteiger partial charge >= 0.3 is 11.8 Å². The van der Waals surface area contributed by atoms with E-state index in [1.54, 1.807) is 24.3 Å². The Hall–Kier alpha value is -3.35. The lowest BCUT2D eigenvalue weighted by Crippen LogP contribution is -2.34. The summed E-state index contributed by atoms with van der Waals surface area (Å²) in [6, 6.07) is 18.7. The second-order valence-electron chi connectivity index (χ2n) is 7.87. The van der Waals surface area contributed by atoms with Crippen LogP contribution in [0.2, 0.25) is 10.0 Å². The van der Waals surface area contributed by atoms with Crippen LogP contribution in [-0.4, -0.2) is 22.9 Å². The molecule has 0 atom stereocenters. The summed E-state index contributed by atoms with van der Waals surface area (Å²) in [5.41, 5.74) is 1.87. The molecule has 0 fully saturated rings.